The third-order valence-electron chi connectivity index (χ3n) is 3.72. The molecule has 0 amide bonds. The number of hydrogen-bond donors (Lipinski definition) is 1. The molecule has 1 aromatic carbocycles. The summed E-state index contributed by atoms with van der Waals surface area (Å²) >= 11 is 0. The number of para-hydroxylation sites is 1. The van der Waals surface area contributed by atoms with E-state index in [1.54, 1.807) is 24.7 Å². The Bertz CT molecular complexity index is 1060. The summed E-state index contributed by atoms with van der Waals surface area (Å²) in [5, 5.41) is 4.96. The van der Waals surface area contributed by atoms with Gasteiger partial charge in [0.05, 0.1) is 30.7 Å². The normalized spacial score (nSPS) is 10.9. The predicted octanol–water partition coefficient (Wildman–Crippen LogP) is 3.91. The zero-order valence-electron chi connectivity index (χ0n) is 12.8. The minimum atomic E-state index is -0.553. The van der Waals surface area contributed by atoms with Gasteiger partial charge in [-0.25, -0.2) is 4.79 Å². The van der Waals surface area contributed by atoms with Crippen LogP contribution in [0.2, 0.25) is 0 Å². The summed E-state index contributed by atoms with van der Waals surface area (Å²) in [5.41, 5.74) is 2.70. The van der Waals surface area contributed by atoms with Crippen LogP contribution < -0.4 is 5.32 Å². The van der Waals surface area contributed by atoms with Gasteiger partial charge in [-0.15, -0.1) is 0 Å². The fraction of sp³-hybridized carbons (Fsp3) is 0.0556. The number of rotatable bonds is 3. The van der Waals surface area contributed by atoms with E-state index in [0.717, 1.165) is 22.0 Å². The quantitative estimate of drug-likeness (QED) is 0.577. The number of aromatic nitrogens is 2. The highest BCUT2D eigenvalue weighted by Gasteiger charge is 2.21. The first-order valence-electron chi connectivity index (χ1n) is 7.33. The van der Waals surface area contributed by atoms with Crippen LogP contribution in [0.3, 0.4) is 0 Å². The number of ether oxygens (including phenoxy) is 1. The predicted molar refractivity (Wildman–Crippen MR) is 90.4 cm³/mol. The van der Waals surface area contributed by atoms with Gasteiger partial charge in [0.25, 0.3) is 0 Å². The van der Waals surface area contributed by atoms with E-state index in [1.807, 2.05) is 30.3 Å². The van der Waals surface area contributed by atoms with Gasteiger partial charge in [-0.2, -0.15) is 0 Å². The number of carbonyl (C=O) groups excluding carboxylic acids is 1. The van der Waals surface area contributed by atoms with Gasteiger partial charge in [-0.1, -0.05) is 18.2 Å². The van der Waals surface area contributed by atoms with Crippen LogP contribution >= 0.6 is 0 Å². The second-order valence-electron chi connectivity index (χ2n) is 5.21. The molecule has 0 aliphatic heterocycles. The molecule has 0 aliphatic carbocycles. The second-order valence-corrected chi connectivity index (χ2v) is 5.21. The van der Waals surface area contributed by atoms with E-state index in [4.69, 9.17) is 9.15 Å². The standard InChI is InChI=1S/C18H13N3O3/c1-23-18(22)17-16(13-6-7-19-10-15(13)24-17)21-12-8-11-4-2-3-5-14(11)20-9-12/h2-10,21H,1H3. The third-order valence-corrected chi connectivity index (χ3v) is 3.72. The minimum Gasteiger partial charge on any atom is -0.463 e. The molecule has 0 bridgehead atoms. The number of pyridine rings is 2. The summed E-state index contributed by atoms with van der Waals surface area (Å²) in [6.45, 7) is 0. The summed E-state index contributed by atoms with van der Waals surface area (Å²) in [4.78, 5) is 20.4. The highest BCUT2D eigenvalue weighted by atomic mass is 16.5. The first-order chi connectivity index (χ1) is 11.8. The number of anilines is 2. The second kappa shape index (κ2) is 5.66. The molecule has 0 spiro atoms. The van der Waals surface area contributed by atoms with Crippen molar-refractivity contribution >= 4 is 39.2 Å². The summed E-state index contributed by atoms with van der Waals surface area (Å²) in [5.74, 6) is -0.448. The summed E-state index contributed by atoms with van der Waals surface area (Å²) in [6.07, 6.45) is 4.91. The van der Waals surface area contributed by atoms with E-state index in [9.17, 15) is 4.79 Å². The number of nitrogens with zero attached hydrogens (tertiary/aromatic N) is 2. The molecular formula is C18H13N3O3. The smallest absolute Gasteiger partial charge is 0.376 e. The topological polar surface area (TPSA) is 77.2 Å². The molecule has 6 nitrogen and oxygen atoms in total. The van der Waals surface area contributed by atoms with Crippen molar-refractivity contribution in [3.8, 4) is 0 Å². The number of carbonyl (C=O) groups is 1. The van der Waals surface area contributed by atoms with Gasteiger partial charge in [-0.3, -0.25) is 9.97 Å². The minimum absolute atomic E-state index is 0.105. The van der Waals surface area contributed by atoms with Crippen LogP contribution in [0.5, 0.6) is 0 Å². The molecule has 0 fully saturated rings. The fourth-order valence-corrected chi connectivity index (χ4v) is 2.60. The fourth-order valence-electron chi connectivity index (χ4n) is 2.60. The van der Waals surface area contributed by atoms with Gasteiger partial charge >= 0.3 is 5.97 Å². The monoisotopic (exact) mass is 319 g/mol. The molecule has 3 aromatic heterocycles. The zero-order valence-corrected chi connectivity index (χ0v) is 12.8. The van der Waals surface area contributed by atoms with Crippen LogP contribution in [-0.4, -0.2) is 23.0 Å². The molecule has 0 saturated heterocycles. The molecule has 1 N–H and O–H groups in total. The number of nitrogens with one attached hydrogen (secondary N) is 1. The summed E-state index contributed by atoms with van der Waals surface area (Å²) in [6, 6.07) is 11.6. The lowest BCUT2D eigenvalue weighted by molar-refractivity contribution is 0.0569. The zero-order chi connectivity index (χ0) is 16.5. The van der Waals surface area contributed by atoms with Crippen molar-refractivity contribution in [2.24, 2.45) is 0 Å². The molecule has 4 aromatic rings. The Labute approximate surface area is 137 Å². The van der Waals surface area contributed by atoms with Crippen LogP contribution in [-0.2, 0) is 4.74 Å². The molecule has 0 unspecified atom stereocenters. The Kier molecular flexibility index (Phi) is 3.35. The van der Waals surface area contributed by atoms with Gasteiger partial charge in [0.2, 0.25) is 5.76 Å². The Balaban J connectivity index is 1.83. The van der Waals surface area contributed by atoms with Crippen molar-refractivity contribution in [2.75, 3.05) is 12.4 Å². The maximum Gasteiger partial charge on any atom is 0.376 e. The van der Waals surface area contributed by atoms with Crippen LogP contribution in [0.4, 0.5) is 11.4 Å². The maximum absolute atomic E-state index is 12.0. The van der Waals surface area contributed by atoms with Crippen LogP contribution in [0.25, 0.3) is 21.9 Å². The van der Waals surface area contributed by atoms with Crippen LogP contribution in [0, 0.1) is 0 Å². The van der Waals surface area contributed by atoms with E-state index in [1.165, 1.54) is 7.11 Å². The number of methoxy groups -OCH3 is 1. The Morgan fingerprint density at radius 3 is 2.96 bits per heavy atom. The van der Waals surface area contributed by atoms with E-state index >= 15 is 0 Å². The molecule has 0 atom stereocenters. The highest BCUT2D eigenvalue weighted by Crippen LogP contribution is 2.33. The molecule has 3 heterocycles. The lowest BCUT2D eigenvalue weighted by Gasteiger charge is -2.07. The first-order valence-corrected chi connectivity index (χ1v) is 7.33. The SMILES string of the molecule is COC(=O)c1oc2cnccc2c1Nc1cnc2ccccc2c1. The number of fused-ring (bicyclic) bond motifs is 2. The van der Waals surface area contributed by atoms with E-state index in [-0.39, 0.29) is 5.76 Å². The van der Waals surface area contributed by atoms with E-state index in [0.29, 0.717) is 11.3 Å². The molecule has 118 valence electrons. The van der Waals surface area contributed by atoms with Gasteiger partial charge in [0.15, 0.2) is 5.58 Å². The molecule has 0 radical (unpaired) electrons. The van der Waals surface area contributed by atoms with Gasteiger partial charge in [-0.05, 0) is 18.2 Å². The van der Waals surface area contributed by atoms with Gasteiger partial charge in [0.1, 0.15) is 5.69 Å². The Morgan fingerprint density at radius 1 is 1.21 bits per heavy atom. The van der Waals surface area contributed by atoms with Crippen molar-refractivity contribution in [3.63, 3.8) is 0 Å². The lowest BCUT2D eigenvalue weighted by Crippen LogP contribution is -2.03. The Hall–Kier alpha value is -3.41. The number of hydrogen-bond acceptors (Lipinski definition) is 6. The van der Waals surface area contributed by atoms with Crippen LogP contribution in [0.15, 0.2) is 59.4 Å². The van der Waals surface area contributed by atoms with Crippen molar-refractivity contribution < 1.29 is 13.9 Å². The summed E-state index contributed by atoms with van der Waals surface area (Å²) in [7, 11) is 1.31. The largest absolute Gasteiger partial charge is 0.463 e. The number of esters is 1. The average molecular weight is 319 g/mol. The first kappa shape index (κ1) is 14.2. The molecule has 4 rings (SSSR count). The van der Waals surface area contributed by atoms with Gasteiger partial charge in [0, 0.05) is 17.0 Å². The van der Waals surface area contributed by atoms with Crippen LogP contribution in [0.1, 0.15) is 10.6 Å². The molecule has 24 heavy (non-hydrogen) atoms. The van der Waals surface area contributed by atoms with Crippen molar-refractivity contribution in [1.82, 2.24) is 9.97 Å². The van der Waals surface area contributed by atoms with Crippen molar-refractivity contribution in [2.45, 2.75) is 0 Å². The number of benzene rings is 1. The van der Waals surface area contributed by atoms with Gasteiger partial charge < -0.3 is 14.5 Å². The number of furan rings is 1. The molecule has 0 aliphatic rings. The van der Waals surface area contributed by atoms with E-state index in [2.05, 4.69) is 15.3 Å². The van der Waals surface area contributed by atoms with Crippen molar-refractivity contribution in [3.05, 3.63) is 60.7 Å². The van der Waals surface area contributed by atoms with Crippen molar-refractivity contribution in [1.29, 1.82) is 0 Å². The lowest BCUT2D eigenvalue weighted by atomic mass is 10.2. The molecule has 0 saturated carbocycles. The van der Waals surface area contributed by atoms with E-state index < -0.39 is 5.97 Å². The molecule has 6 heteroatoms. The average Bonchev–Trinajstić information content (AvgIpc) is 2.99. The maximum atomic E-state index is 12.0. The molecular weight excluding hydrogens is 306 g/mol. The Morgan fingerprint density at radius 2 is 2.08 bits per heavy atom. The highest BCUT2D eigenvalue weighted by molar-refractivity contribution is 6.05. The summed E-state index contributed by atoms with van der Waals surface area (Å²) < 4.78 is 10.4. The third kappa shape index (κ3) is 2.34.